The monoisotopic (exact) mass is 538 g/mol. The minimum absolute atomic E-state index is 0. The van der Waals surface area contributed by atoms with Crippen LogP contribution in [0.4, 0.5) is 5.69 Å². The maximum Gasteiger partial charge on any atom is 0.305 e. The highest BCUT2D eigenvalue weighted by Gasteiger charge is 2.23. The van der Waals surface area contributed by atoms with Gasteiger partial charge in [0.15, 0.2) is 5.96 Å². The Hall–Kier alpha value is -1.03. The maximum atomic E-state index is 11.3. The minimum Gasteiger partial charge on any atom is -0.466 e. The first kappa shape index (κ1) is 23.0. The summed E-state index contributed by atoms with van der Waals surface area (Å²) in [4.78, 5) is 18.0. The Bertz CT molecular complexity index is 583. The fourth-order valence-electron chi connectivity index (χ4n) is 2.83. The fraction of sp³-hybridized carbons (Fsp3) is 0.556. The Kier molecular flexibility index (Phi) is 11.0. The highest BCUT2D eigenvalue weighted by atomic mass is 127. The molecule has 0 bridgehead atoms. The van der Waals surface area contributed by atoms with E-state index in [0.29, 0.717) is 25.6 Å². The van der Waals surface area contributed by atoms with Gasteiger partial charge >= 0.3 is 5.97 Å². The quantitative estimate of drug-likeness (QED) is 0.183. The smallest absolute Gasteiger partial charge is 0.305 e. The first-order valence-electron chi connectivity index (χ1n) is 8.75. The van der Waals surface area contributed by atoms with Crippen LogP contribution in [0.25, 0.3) is 0 Å². The van der Waals surface area contributed by atoms with Crippen molar-refractivity contribution in [1.29, 1.82) is 0 Å². The number of ether oxygens (including phenoxy) is 1. The molecule has 1 aromatic rings. The van der Waals surface area contributed by atoms with Crippen molar-refractivity contribution in [2.24, 2.45) is 4.99 Å². The molecule has 1 aliphatic heterocycles. The van der Waals surface area contributed by atoms with Gasteiger partial charge in [-0.25, -0.2) is 0 Å². The molecule has 0 spiro atoms. The summed E-state index contributed by atoms with van der Waals surface area (Å²) in [6, 6.07) is 8.77. The van der Waals surface area contributed by atoms with E-state index in [0.717, 1.165) is 36.4 Å². The number of aliphatic imine (C=N–C) groups is 1. The number of nitrogens with one attached hydrogen (secondary N) is 2. The van der Waals surface area contributed by atoms with Crippen LogP contribution in [0, 0.1) is 0 Å². The molecule has 1 atom stereocenters. The van der Waals surface area contributed by atoms with E-state index < -0.39 is 0 Å². The SMILES string of the molecule is CCOC(=O)CCCNC(=NC)NC1CCN(c2ccc(Br)cc2)C1.I. The number of halogens is 2. The third kappa shape index (κ3) is 7.69. The Morgan fingerprint density at radius 1 is 1.38 bits per heavy atom. The van der Waals surface area contributed by atoms with Gasteiger partial charge in [-0.2, -0.15) is 0 Å². The number of hydrogen-bond donors (Lipinski definition) is 2. The number of carbonyl (C=O) groups excluding carboxylic acids is 1. The van der Waals surface area contributed by atoms with E-state index in [4.69, 9.17) is 4.74 Å². The van der Waals surface area contributed by atoms with E-state index in [-0.39, 0.29) is 29.9 Å². The second kappa shape index (κ2) is 12.4. The van der Waals surface area contributed by atoms with Crippen LogP contribution >= 0.6 is 39.9 Å². The molecular formula is C18H28BrIN4O2. The molecule has 6 nitrogen and oxygen atoms in total. The van der Waals surface area contributed by atoms with Gasteiger partial charge in [0.2, 0.25) is 0 Å². The number of anilines is 1. The predicted octanol–water partition coefficient (Wildman–Crippen LogP) is 3.15. The van der Waals surface area contributed by atoms with E-state index in [9.17, 15) is 4.79 Å². The highest BCUT2D eigenvalue weighted by Crippen LogP contribution is 2.22. The number of rotatable bonds is 7. The molecule has 26 heavy (non-hydrogen) atoms. The topological polar surface area (TPSA) is 66.0 Å². The summed E-state index contributed by atoms with van der Waals surface area (Å²) in [5, 5.41) is 6.72. The standard InChI is InChI=1S/C18H27BrN4O2.HI/c1-3-25-17(24)5-4-11-21-18(20-2)22-15-10-12-23(13-15)16-8-6-14(19)7-9-16;/h6-9,15H,3-5,10-13H2,1-2H3,(H2,20,21,22);1H. The van der Waals surface area contributed by atoms with Crippen molar-refractivity contribution in [2.45, 2.75) is 32.2 Å². The van der Waals surface area contributed by atoms with Crippen molar-refractivity contribution >= 4 is 57.5 Å². The maximum absolute atomic E-state index is 11.3. The Labute approximate surface area is 181 Å². The molecule has 0 radical (unpaired) electrons. The van der Waals surface area contributed by atoms with Gasteiger partial charge in [0.05, 0.1) is 6.61 Å². The second-order valence-corrected chi connectivity index (χ2v) is 6.88. The number of guanidine groups is 1. The van der Waals surface area contributed by atoms with E-state index in [1.807, 2.05) is 6.92 Å². The van der Waals surface area contributed by atoms with Gasteiger partial charge in [0.1, 0.15) is 0 Å². The predicted molar refractivity (Wildman–Crippen MR) is 121 cm³/mol. The molecule has 0 amide bonds. The van der Waals surface area contributed by atoms with Gasteiger partial charge in [-0.1, -0.05) is 15.9 Å². The van der Waals surface area contributed by atoms with Gasteiger partial charge in [0, 0.05) is 49.3 Å². The van der Waals surface area contributed by atoms with Gasteiger partial charge < -0.3 is 20.3 Å². The third-order valence-electron chi connectivity index (χ3n) is 4.10. The lowest BCUT2D eigenvalue weighted by atomic mass is 10.2. The molecule has 0 saturated carbocycles. The molecule has 0 aromatic heterocycles. The lowest BCUT2D eigenvalue weighted by molar-refractivity contribution is -0.143. The number of benzene rings is 1. The van der Waals surface area contributed by atoms with Crippen molar-refractivity contribution in [3.63, 3.8) is 0 Å². The van der Waals surface area contributed by atoms with Crippen LogP contribution in [0.1, 0.15) is 26.2 Å². The molecule has 1 unspecified atom stereocenters. The summed E-state index contributed by atoms with van der Waals surface area (Å²) in [6.45, 7) is 4.93. The van der Waals surface area contributed by atoms with Gasteiger partial charge in [-0.3, -0.25) is 9.79 Å². The molecular weight excluding hydrogens is 511 g/mol. The van der Waals surface area contributed by atoms with Crippen molar-refractivity contribution in [3.05, 3.63) is 28.7 Å². The Morgan fingerprint density at radius 3 is 2.77 bits per heavy atom. The van der Waals surface area contributed by atoms with Crippen LogP contribution in [0.5, 0.6) is 0 Å². The van der Waals surface area contributed by atoms with Gasteiger partial charge in [-0.05, 0) is 44.0 Å². The van der Waals surface area contributed by atoms with Crippen molar-refractivity contribution in [2.75, 3.05) is 38.2 Å². The number of carbonyl (C=O) groups is 1. The summed E-state index contributed by atoms with van der Waals surface area (Å²) < 4.78 is 6.02. The van der Waals surface area contributed by atoms with Gasteiger partial charge in [0.25, 0.3) is 0 Å². The molecule has 1 heterocycles. The molecule has 0 aliphatic carbocycles. The Morgan fingerprint density at radius 2 is 2.12 bits per heavy atom. The highest BCUT2D eigenvalue weighted by molar-refractivity contribution is 14.0. The number of nitrogens with zero attached hydrogens (tertiary/aromatic N) is 2. The van der Waals surface area contributed by atoms with Crippen LogP contribution < -0.4 is 15.5 Å². The van der Waals surface area contributed by atoms with E-state index in [2.05, 4.69) is 60.7 Å². The van der Waals surface area contributed by atoms with E-state index in [1.54, 1.807) is 7.05 Å². The normalized spacial score (nSPS) is 16.8. The average molecular weight is 539 g/mol. The van der Waals surface area contributed by atoms with Gasteiger partial charge in [-0.15, -0.1) is 24.0 Å². The molecule has 2 N–H and O–H groups in total. The van der Waals surface area contributed by atoms with Crippen LogP contribution in [0.3, 0.4) is 0 Å². The zero-order valence-electron chi connectivity index (χ0n) is 15.3. The van der Waals surface area contributed by atoms with Crippen LogP contribution in [0.2, 0.25) is 0 Å². The molecule has 146 valence electrons. The first-order valence-corrected chi connectivity index (χ1v) is 9.55. The molecule has 8 heteroatoms. The summed E-state index contributed by atoms with van der Waals surface area (Å²) >= 11 is 3.47. The number of hydrogen-bond acceptors (Lipinski definition) is 4. The number of esters is 1. The van der Waals surface area contributed by atoms with Crippen LogP contribution in [-0.2, 0) is 9.53 Å². The van der Waals surface area contributed by atoms with E-state index >= 15 is 0 Å². The summed E-state index contributed by atoms with van der Waals surface area (Å²) in [5.74, 6) is 0.639. The average Bonchev–Trinajstić information content (AvgIpc) is 3.07. The molecule has 2 rings (SSSR count). The minimum atomic E-state index is -0.145. The molecule has 1 saturated heterocycles. The van der Waals surface area contributed by atoms with Crippen LogP contribution in [-0.4, -0.2) is 51.3 Å². The lowest BCUT2D eigenvalue weighted by Crippen LogP contribution is -2.44. The fourth-order valence-corrected chi connectivity index (χ4v) is 3.09. The van der Waals surface area contributed by atoms with E-state index in [1.165, 1.54) is 5.69 Å². The lowest BCUT2D eigenvalue weighted by Gasteiger charge is -2.20. The van der Waals surface area contributed by atoms with Crippen molar-refractivity contribution in [3.8, 4) is 0 Å². The summed E-state index contributed by atoms with van der Waals surface area (Å²) in [5.41, 5.74) is 1.24. The molecule has 1 aromatic carbocycles. The largest absolute Gasteiger partial charge is 0.466 e. The Balaban J connectivity index is 0.00000338. The molecule has 1 aliphatic rings. The van der Waals surface area contributed by atoms with Crippen LogP contribution in [0.15, 0.2) is 33.7 Å². The summed E-state index contributed by atoms with van der Waals surface area (Å²) in [7, 11) is 1.77. The zero-order valence-corrected chi connectivity index (χ0v) is 19.2. The molecule has 1 fully saturated rings. The van der Waals surface area contributed by atoms with Crippen molar-refractivity contribution in [1.82, 2.24) is 10.6 Å². The second-order valence-electron chi connectivity index (χ2n) is 5.96. The zero-order chi connectivity index (χ0) is 18.1. The third-order valence-corrected chi connectivity index (χ3v) is 4.63. The first-order chi connectivity index (χ1) is 12.1. The summed E-state index contributed by atoms with van der Waals surface area (Å²) in [6.07, 6.45) is 2.23. The van der Waals surface area contributed by atoms with Crippen molar-refractivity contribution < 1.29 is 9.53 Å².